The second kappa shape index (κ2) is 3.59. The predicted octanol–water partition coefficient (Wildman–Crippen LogP) is 1.54. The summed E-state index contributed by atoms with van der Waals surface area (Å²) in [7, 11) is 0. The zero-order chi connectivity index (χ0) is 9.26. The van der Waals surface area contributed by atoms with Gasteiger partial charge in [0, 0.05) is 18.6 Å². The molecule has 1 saturated heterocycles. The van der Waals surface area contributed by atoms with Crippen molar-refractivity contribution in [2.24, 2.45) is 5.92 Å². The van der Waals surface area contributed by atoms with E-state index in [9.17, 15) is 0 Å². The minimum absolute atomic E-state index is 0.383. The number of nitrogens with zero attached hydrogens (tertiary/aromatic N) is 2. The molecule has 0 spiro atoms. The quantitative estimate of drug-likeness (QED) is 0.735. The van der Waals surface area contributed by atoms with E-state index >= 15 is 0 Å². The molecule has 2 unspecified atom stereocenters. The molecular weight excluding hydrogens is 186 g/mol. The lowest BCUT2D eigenvalue weighted by atomic mass is 10.0. The molecule has 2 rings (SSSR count). The molecule has 72 valence electrons. The number of hydrogen-bond donors (Lipinski definition) is 1. The lowest BCUT2D eigenvalue weighted by molar-refractivity contribution is 0.175. The highest BCUT2D eigenvalue weighted by molar-refractivity contribution is 7.71. The van der Waals surface area contributed by atoms with E-state index in [1.54, 1.807) is 6.33 Å². The largest absolute Gasteiger partial charge is 0.381 e. The Kier molecular flexibility index (Phi) is 2.46. The normalized spacial score (nSPS) is 24.8. The Balaban J connectivity index is 2.16. The number of ether oxygens (including phenoxy) is 1. The maximum atomic E-state index is 5.34. The lowest BCUT2D eigenvalue weighted by Gasteiger charge is -2.17. The van der Waals surface area contributed by atoms with Crippen LogP contribution in [0, 0.1) is 10.7 Å². The van der Waals surface area contributed by atoms with Gasteiger partial charge < -0.3 is 9.30 Å². The number of aromatic nitrogens is 3. The summed E-state index contributed by atoms with van der Waals surface area (Å²) in [6, 6.07) is 0.383. The van der Waals surface area contributed by atoms with Crippen molar-refractivity contribution >= 4 is 12.2 Å². The summed E-state index contributed by atoms with van der Waals surface area (Å²) in [4.78, 5) is 0. The Morgan fingerprint density at radius 1 is 1.85 bits per heavy atom. The average molecular weight is 199 g/mol. The molecule has 1 N–H and O–H groups in total. The number of hydrogen-bond acceptors (Lipinski definition) is 3. The van der Waals surface area contributed by atoms with E-state index in [0.29, 0.717) is 16.7 Å². The second-order valence-electron chi connectivity index (χ2n) is 3.43. The van der Waals surface area contributed by atoms with Gasteiger partial charge in [-0.2, -0.15) is 5.10 Å². The third kappa shape index (κ3) is 1.66. The van der Waals surface area contributed by atoms with Crippen molar-refractivity contribution in [2.75, 3.05) is 13.2 Å². The molecule has 0 aromatic carbocycles. The van der Waals surface area contributed by atoms with Crippen molar-refractivity contribution in [1.82, 2.24) is 14.8 Å². The van der Waals surface area contributed by atoms with Crippen molar-refractivity contribution in [3.8, 4) is 0 Å². The average Bonchev–Trinajstić information content (AvgIpc) is 2.72. The van der Waals surface area contributed by atoms with Gasteiger partial charge in [-0.25, -0.2) is 0 Å². The van der Waals surface area contributed by atoms with Crippen LogP contribution in [0.1, 0.15) is 19.4 Å². The van der Waals surface area contributed by atoms with Gasteiger partial charge in [0.15, 0.2) is 4.77 Å². The third-order valence-electron chi connectivity index (χ3n) is 2.66. The monoisotopic (exact) mass is 199 g/mol. The molecule has 1 aromatic rings. The van der Waals surface area contributed by atoms with Crippen LogP contribution in [0.25, 0.3) is 0 Å². The molecule has 2 heterocycles. The van der Waals surface area contributed by atoms with Crippen LogP contribution in [-0.4, -0.2) is 28.0 Å². The van der Waals surface area contributed by atoms with Crippen molar-refractivity contribution in [3.05, 3.63) is 11.1 Å². The van der Waals surface area contributed by atoms with Crippen LogP contribution in [0.2, 0.25) is 0 Å². The van der Waals surface area contributed by atoms with Gasteiger partial charge in [-0.05, 0) is 25.6 Å². The lowest BCUT2D eigenvalue weighted by Crippen LogP contribution is -2.16. The number of rotatable bonds is 2. The van der Waals surface area contributed by atoms with Crippen LogP contribution in [-0.2, 0) is 4.74 Å². The second-order valence-corrected chi connectivity index (χ2v) is 3.82. The van der Waals surface area contributed by atoms with Crippen LogP contribution in [0.5, 0.6) is 0 Å². The molecule has 0 amide bonds. The Morgan fingerprint density at radius 2 is 2.69 bits per heavy atom. The summed E-state index contributed by atoms with van der Waals surface area (Å²) in [5, 5.41) is 6.67. The van der Waals surface area contributed by atoms with E-state index in [1.807, 2.05) is 4.57 Å². The molecule has 1 aliphatic heterocycles. The summed E-state index contributed by atoms with van der Waals surface area (Å²) in [5.41, 5.74) is 0. The maximum Gasteiger partial charge on any atom is 0.195 e. The highest BCUT2D eigenvalue weighted by Crippen LogP contribution is 2.25. The zero-order valence-electron chi connectivity index (χ0n) is 7.56. The van der Waals surface area contributed by atoms with Gasteiger partial charge in [0.1, 0.15) is 6.33 Å². The molecule has 4 nitrogen and oxygen atoms in total. The fourth-order valence-corrected chi connectivity index (χ4v) is 1.97. The van der Waals surface area contributed by atoms with E-state index in [4.69, 9.17) is 17.0 Å². The highest BCUT2D eigenvalue weighted by atomic mass is 32.1. The van der Waals surface area contributed by atoms with Gasteiger partial charge in [-0.15, -0.1) is 0 Å². The van der Waals surface area contributed by atoms with Gasteiger partial charge in [-0.3, -0.25) is 5.10 Å². The molecule has 0 radical (unpaired) electrons. The molecular formula is C8H13N3OS. The van der Waals surface area contributed by atoms with E-state index in [-0.39, 0.29) is 0 Å². The fourth-order valence-electron chi connectivity index (χ4n) is 1.71. The molecule has 1 fully saturated rings. The first-order valence-electron chi connectivity index (χ1n) is 4.48. The first-order valence-corrected chi connectivity index (χ1v) is 4.89. The minimum atomic E-state index is 0.383. The SMILES string of the molecule is CC(C1CCOC1)n1cn[nH]c1=S. The van der Waals surface area contributed by atoms with Crippen molar-refractivity contribution < 1.29 is 4.74 Å². The number of aromatic amines is 1. The van der Waals surface area contributed by atoms with E-state index in [0.717, 1.165) is 19.6 Å². The summed E-state index contributed by atoms with van der Waals surface area (Å²) < 4.78 is 8.03. The van der Waals surface area contributed by atoms with Gasteiger partial charge in [0.05, 0.1) is 6.61 Å². The topological polar surface area (TPSA) is 42.8 Å². The van der Waals surface area contributed by atoms with E-state index in [1.165, 1.54) is 0 Å². The van der Waals surface area contributed by atoms with Crippen LogP contribution < -0.4 is 0 Å². The predicted molar refractivity (Wildman–Crippen MR) is 51.0 cm³/mol. The zero-order valence-corrected chi connectivity index (χ0v) is 8.38. The molecule has 5 heteroatoms. The van der Waals surface area contributed by atoms with Gasteiger partial charge in [0.25, 0.3) is 0 Å². The van der Waals surface area contributed by atoms with Crippen LogP contribution in [0.4, 0.5) is 0 Å². The Morgan fingerprint density at radius 3 is 3.23 bits per heavy atom. The first-order chi connectivity index (χ1) is 6.29. The molecule has 1 aromatic heterocycles. The van der Waals surface area contributed by atoms with Crippen molar-refractivity contribution in [1.29, 1.82) is 0 Å². The van der Waals surface area contributed by atoms with Crippen LogP contribution in [0.3, 0.4) is 0 Å². The Hall–Kier alpha value is -0.680. The molecule has 1 aliphatic rings. The summed E-state index contributed by atoms with van der Waals surface area (Å²) >= 11 is 5.10. The maximum absolute atomic E-state index is 5.34. The molecule has 13 heavy (non-hydrogen) atoms. The summed E-state index contributed by atoms with van der Waals surface area (Å²) in [6.07, 6.45) is 2.87. The minimum Gasteiger partial charge on any atom is -0.381 e. The molecule has 2 atom stereocenters. The smallest absolute Gasteiger partial charge is 0.195 e. The molecule has 0 bridgehead atoms. The van der Waals surface area contributed by atoms with Gasteiger partial charge in [-0.1, -0.05) is 0 Å². The fraction of sp³-hybridized carbons (Fsp3) is 0.750. The van der Waals surface area contributed by atoms with Crippen molar-refractivity contribution in [2.45, 2.75) is 19.4 Å². The van der Waals surface area contributed by atoms with Crippen LogP contribution in [0.15, 0.2) is 6.33 Å². The van der Waals surface area contributed by atoms with Gasteiger partial charge >= 0.3 is 0 Å². The third-order valence-corrected chi connectivity index (χ3v) is 2.96. The van der Waals surface area contributed by atoms with Crippen molar-refractivity contribution in [3.63, 3.8) is 0 Å². The number of H-pyrrole nitrogens is 1. The highest BCUT2D eigenvalue weighted by Gasteiger charge is 2.23. The molecule has 0 aliphatic carbocycles. The summed E-state index contributed by atoms with van der Waals surface area (Å²) in [5.74, 6) is 0.573. The van der Waals surface area contributed by atoms with Crippen LogP contribution >= 0.6 is 12.2 Å². The first kappa shape index (κ1) is 8.90. The van der Waals surface area contributed by atoms with E-state index < -0.39 is 0 Å². The molecule has 0 saturated carbocycles. The Bertz CT molecular complexity index is 326. The standard InChI is InChI=1S/C8H13N3OS/c1-6(7-2-3-12-4-7)11-5-9-10-8(11)13/h5-7H,2-4H2,1H3,(H,10,13). The van der Waals surface area contributed by atoms with Gasteiger partial charge in [0.2, 0.25) is 0 Å². The van der Waals surface area contributed by atoms with E-state index in [2.05, 4.69) is 17.1 Å². The summed E-state index contributed by atoms with van der Waals surface area (Å²) in [6.45, 7) is 3.87. The Labute approximate surface area is 81.9 Å². The number of nitrogens with one attached hydrogen (secondary N) is 1.